The van der Waals surface area contributed by atoms with Crippen LogP contribution in [0, 0.1) is 5.41 Å². The Labute approximate surface area is 93.5 Å². The lowest BCUT2D eigenvalue weighted by atomic mass is 9.91. The first-order valence-corrected chi connectivity index (χ1v) is 4.84. The summed E-state index contributed by atoms with van der Waals surface area (Å²) in [6, 6.07) is 0. The normalized spacial score (nSPS) is 10.7. The van der Waals surface area contributed by atoms with Gasteiger partial charge in [-0.3, -0.25) is 14.4 Å². The van der Waals surface area contributed by atoms with Crippen molar-refractivity contribution in [1.82, 2.24) is 0 Å². The lowest BCUT2D eigenvalue weighted by Crippen LogP contribution is -2.27. The third kappa shape index (κ3) is 5.33. The van der Waals surface area contributed by atoms with E-state index in [1.54, 1.807) is 13.8 Å². The summed E-state index contributed by atoms with van der Waals surface area (Å²) in [5, 5.41) is 8.25. The van der Waals surface area contributed by atoms with Crippen LogP contribution in [-0.2, 0) is 23.9 Å². The van der Waals surface area contributed by atoms with E-state index in [0.717, 1.165) is 0 Å². The van der Waals surface area contributed by atoms with Crippen LogP contribution in [0.25, 0.3) is 0 Å². The smallest absolute Gasteiger partial charge is 0.320 e. The van der Waals surface area contributed by atoms with Crippen LogP contribution < -0.4 is 0 Å². The van der Waals surface area contributed by atoms with Crippen LogP contribution in [0.3, 0.4) is 0 Å². The maximum Gasteiger partial charge on any atom is 0.320 e. The van der Waals surface area contributed by atoms with Gasteiger partial charge in [0.2, 0.25) is 6.79 Å². The molecule has 0 aliphatic rings. The molecule has 0 fully saturated rings. The van der Waals surface area contributed by atoms with Crippen LogP contribution in [0.5, 0.6) is 0 Å². The van der Waals surface area contributed by atoms with Gasteiger partial charge in [0.05, 0.1) is 5.41 Å². The largest absolute Gasteiger partial charge is 0.481 e. The summed E-state index contributed by atoms with van der Waals surface area (Å²) in [6.07, 6.45) is -0.149. The Kier molecular flexibility index (Phi) is 5.49. The zero-order chi connectivity index (χ0) is 12.8. The van der Waals surface area contributed by atoms with Crippen molar-refractivity contribution in [3.05, 3.63) is 0 Å². The molecule has 0 spiro atoms. The van der Waals surface area contributed by atoms with Crippen molar-refractivity contribution in [2.24, 2.45) is 5.41 Å². The first kappa shape index (κ1) is 14.4. The van der Waals surface area contributed by atoms with Crippen LogP contribution in [0.4, 0.5) is 0 Å². The number of carbonyl (C=O) groups is 3. The first-order valence-electron chi connectivity index (χ1n) is 4.84. The van der Waals surface area contributed by atoms with E-state index in [1.807, 2.05) is 6.92 Å². The van der Waals surface area contributed by atoms with E-state index in [9.17, 15) is 14.4 Å². The maximum absolute atomic E-state index is 11.4. The molecule has 0 unspecified atom stereocenters. The first-order chi connectivity index (χ1) is 7.29. The summed E-state index contributed by atoms with van der Waals surface area (Å²) >= 11 is 0. The average molecular weight is 232 g/mol. The Morgan fingerprint density at radius 1 is 1.19 bits per heavy atom. The molecule has 0 aliphatic carbocycles. The fraction of sp³-hybridized carbons (Fsp3) is 0.700. The summed E-state index contributed by atoms with van der Waals surface area (Å²) in [5.41, 5.74) is -0.640. The monoisotopic (exact) mass is 232 g/mol. The number of aliphatic carboxylic acids is 1. The highest BCUT2D eigenvalue weighted by Gasteiger charge is 2.27. The number of rotatable bonds is 6. The van der Waals surface area contributed by atoms with Crippen molar-refractivity contribution in [2.45, 2.75) is 33.6 Å². The van der Waals surface area contributed by atoms with Gasteiger partial charge in [0.15, 0.2) is 0 Å². The lowest BCUT2D eigenvalue weighted by molar-refractivity contribution is -0.174. The number of carbonyl (C=O) groups excluding carboxylic acids is 2. The molecule has 0 amide bonds. The number of esters is 2. The standard InChI is InChI=1S/C10H16O6/c1-4-10(2,3)9(14)16-6-15-8(13)5-7(11)12/h4-6H2,1-3H3,(H,11,12). The van der Waals surface area contributed by atoms with Crippen LogP contribution in [0.1, 0.15) is 33.6 Å². The number of carboxylic acids is 1. The Balaban J connectivity index is 3.87. The van der Waals surface area contributed by atoms with Crippen LogP contribution in [0.15, 0.2) is 0 Å². The third-order valence-electron chi connectivity index (χ3n) is 2.14. The Hall–Kier alpha value is -1.59. The molecule has 0 saturated carbocycles. The second kappa shape index (κ2) is 6.09. The minimum atomic E-state index is -1.29. The second-order valence-electron chi connectivity index (χ2n) is 3.87. The molecular formula is C10H16O6. The molecule has 0 saturated heterocycles. The Morgan fingerprint density at radius 2 is 1.75 bits per heavy atom. The molecule has 6 nitrogen and oxygen atoms in total. The van der Waals surface area contributed by atoms with E-state index in [-0.39, 0.29) is 0 Å². The van der Waals surface area contributed by atoms with E-state index in [4.69, 9.17) is 5.11 Å². The summed E-state index contributed by atoms with van der Waals surface area (Å²) in [6.45, 7) is 4.69. The van der Waals surface area contributed by atoms with E-state index >= 15 is 0 Å². The SMILES string of the molecule is CCC(C)(C)C(=O)OCOC(=O)CC(=O)O. The van der Waals surface area contributed by atoms with E-state index in [1.165, 1.54) is 0 Å². The topological polar surface area (TPSA) is 89.9 Å². The van der Waals surface area contributed by atoms with Crippen molar-refractivity contribution in [1.29, 1.82) is 0 Å². The van der Waals surface area contributed by atoms with Crippen LogP contribution in [-0.4, -0.2) is 29.8 Å². The highest BCUT2D eigenvalue weighted by atomic mass is 16.7. The van der Waals surface area contributed by atoms with Gasteiger partial charge in [-0.15, -0.1) is 0 Å². The van der Waals surface area contributed by atoms with E-state index < -0.39 is 36.5 Å². The van der Waals surface area contributed by atoms with Gasteiger partial charge in [0, 0.05) is 0 Å². The van der Waals surface area contributed by atoms with E-state index in [2.05, 4.69) is 9.47 Å². The molecule has 0 bridgehead atoms. The predicted octanol–water partition coefficient (Wildman–Crippen LogP) is 0.941. The summed E-state index contributed by atoms with van der Waals surface area (Å²) in [4.78, 5) is 32.2. The molecule has 0 aromatic rings. The van der Waals surface area contributed by atoms with Crippen molar-refractivity contribution in [3.63, 3.8) is 0 Å². The van der Waals surface area contributed by atoms with Crippen molar-refractivity contribution >= 4 is 17.9 Å². The van der Waals surface area contributed by atoms with Crippen molar-refractivity contribution in [3.8, 4) is 0 Å². The molecule has 0 aromatic carbocycles. The number of ether oxygens (including phenoxy) is 2. The summed E-state index contributed by atoms with van der Waals surface area (Å²) in [5.74, 6) is -2.71. The van der Waals surface area contributed by atoms with Gasteiger partial charge in [-0.1, -0.05) is 6.92 Å². The number of hydrogen-bond donors (Lipinski definition) is 1. The molecule has 0 atom stereocenters. The van der Waals surface area contributed by atoms with Crippen LogP contribution >= 0.6 is 0 Å². The maximum atomic E-state index is 11.4. The highest BCUT2D eigenvalue weighted by Crippen LogP contribution is 2.21. The minimum absolute atomic E-state index is 0.488. The third-order valence-corrected chi connectivity index (χ3v) is 2.14. The van der Waals surface area contributed by atoms with E-state index in [0.29, 0.717) is 6.42 Å². The Bertz CT molecular complexity index is 281. The van der Waals surface area contributed by atoms with Gasteiger partial charge in [-0.25, -0.2) is 0 Å². The van der Waals surface area contributed by atoms with Gasteiger partial charge >= 0.3 is 17.9 Å². The zero-order valence-electron chi connectivity index (χ0n) is 9.61. The van der Waals surface area contributed by atoms with Gasteiger partial charge in [0.1, 0.15) is 6.42 Å². The second-order valence-corrected chi connectivity index (χ2v) is 3.87. The van der Waals surface area contributed by atoms with Crippen molar-refractivity contribution < 1.29 is 29.0 Å². The minimum Gasteiger partial charge on any atom is -0.481 e. The predicted molar refractivity (Wildman–Crippen MR) is 53.4 cm³/mol. The van der Waals surface area contributed by atoms with Gasteiger partial charge in [-0.05, 0) is 20.3 Å². The fourth-order valence-electron chi connectivity index (χ4n) is 0.663. The van der Waals surface area contributed by atoms with Crippen LogP contribution in [0.2, 0.25) is 0 Å². The molecule has 16 heavy (non-hydrogen) atoms. The molecule has 0 aliphatic heterocycles. The fourth-order valence-corrected chi connectivity index (χ4v) is 0.663. The summed E-state index contributed by atoms with van der Waals surface area (Å²) < 4.78 is 9.08. The molecule has 0 heterocycles. The molecule has 0 rings (SSSR count). The quantitative estimate of drug-likeness (QED) is 0.416. The molecule has 0 radical (unpaired) electrons. The lowest BCUT2D eigenvalue weighted by Gasteiger charge is -2.19. The summed E-state index contributed by atoms with van der Waals surface area (Å²) in [7, 11) is 0. The van der Waals surface area contributed by atoms with Crippen molar-refractivity contribution in [2.75, 3.05) is 6.79 Å². The molecule has 6 heteroatoms. The number of carboxylic acid groups (broad SMARTS) is 1. The van der Waals surface area contributed by atoms with Gasteiger partial charge in [-0.2, -0.15) is 0 Å². The zero-order valence-corrected chi connectivity index (χ0v) is 9.61. The average Bonchev–Trinajstić information content (AvgIpc) is 2.16. The Morgan fingerprint density at radius 3 is 2.19 bits per heavy atom. The molecular weight excluding hydrogens is 216 g/mol. The number of hydrogen-bond acceptors (Lipinski definition) is 5. The molecule has 92 valence electrons. The van der Waals surface area contributed by atoms with Gasteiger partial charge in [0.25, 0.3) is 0 Å². The molecule has 0 aromatic heterocycles. The molecule has 1 N–H and O–H groups in total. The van der Waals surface area contributed by atoms with Gasteiger partial charge < -0.3 is 14.6 Å². The highest BCUT2D eigenvalue weighted by molar-refractivity contribution is 5.90.